The van der Waals surface area contributed by atoms with E-state index in [0.29, 0.717) is 0 Å². The maximum absolute atomic E-state index is 11.1. The molecular weight excluding hydrogens is 244 g/mol. The predicted molar refractivity (Wildman–Crippen MR) is 83.0 cm³/mol. The van der Waals surface area contributed by atoms with Crippen molar-refractivity contribution >= 4 is 17.9 Å². The molecule has 0 unspecified atom stereocenters. The molecule has 3 rings (SSSR count). The van der Waals surface area contributed by atoms with Crippen LogP contribution in [0.2, 0.25) is 0 Å². The van der Waals surface area contributed by atoms with Crippen LogP contribution in [-0.2, 0) is 4.79 Å². The summed E-state index contributed by atoms with van der Waals surface area (Å²) in [5, 5.41) is 0. The topological polar surface area (TPSA) is 17.1 Å². The van der Waals surface area contributed by atoms with Gasteiger partial charge < -0.3 is 0 Å². The second-order valence-corrected chi connectivity index (χ2v) is 4.66. The molecule has 0 spiro atoms. The third-order valence-electron chi connectivity index (χ3n) is 3.33. The quantitative estimate of drug-likeness (QED) is 0.747. The molecule has 0 saturated heterocycles. The van der Waals surface area contributed by atoms with E-state index in [1.54, 1.807) is 0 Å². The highest BCUT2D eigenvalue weighted by Crippen LogP contribution is 2.35. The van der Waals surface area contributed by atoms with Crippen LogP contribution in [0.1, 0.15) is 11.1 Å². The summed E-state index contributed by atoms with van der Waals surface area (Å²) in [6, 6.07) is 20.2. The average molecular weight is 258 g/mol. The zero-order valence-electron chi connectivity index (χ0n) is 11.0. The third kappa shape index (κ3) is 2.39. The molecule has 0 amide bonds. The van der Waals surface area contributed by atoms with Crippen molar-refractivity contribution in [3.8, 4) is 0 Å². The Hall–Kier alpha value is -2.67. The van der Waals surface area contributed by atoms with Gasteiger partial charge in [0, 0.05) is 5.57 Å². The predicted octanol–water partition coefficient (Wildman–Crippen LogP) is 4.29. The molecule has 1 nitrogen and oxygen atoms in total. The highest BCUT2D eigenvalue weighted by Gasteiger charge is 2.18. The van der Waals surface area contributed by atoms with E-state index >= 15 is 0 Å². The van der Waals surface area contributed by atoms with Crippen LogP contribution in [0.15, 0.2) is 84.0 Å². The maximum Gasteiger partial charge on any atom is 0.150 e. The number of hydrogen-bond acceptors (Lipinski definition) is 1. The highest BCUT2D eigenvalue weighted by atomic mass is 16.1. The summed E-state index contributed by atoms with van der Waals surface area (Å²) in [5.41, 5.74) is 5.14. The second-order valence-electron chi connectivity index (χ2n) is 4.66. The summed E-state index contributed by atoms with van der Waals surface area (Å²) in [7, 11) is 0. The van der Waals surface area contributed by atoms with Gasteiger partial charge >= 0.3 is 0 Å². The van der Waals surface area contributed by atoms with Crippen molar-refractivity contribution in [3.05, 3.63) is 95.1 Å². The van der Waals surface area contributed by atoms with E-state index in [9.17, 15) is 4.79 Å². The smallest absolute Gasteiger partial charge is 0.150 e. The Morgan fingerprint density at radius 1 is 0.750 bits per heavy atom. The van der Waals surface area contributed by atoms with Crippen molar-refractivity contribution in [2.75, 3.05) is 0 Å². The Balaban J connectivity index is 1.92. The normalized spacial score (nSPS) is 14.1. The zero-order valence-corrected chi connectivity index (χ0v) is 11.0. The molecule has 0 bridgehead atoms. The first kappa shape index (κ1) is 12.4. The van der Waals surface area contributed by atoms with E-state index in [2.05, 4.69) is 24.3 Å². The SMILES string of the molecule is O=CC1=CC(/C=C/c2ccccc2)=C1c1ccccc1. The van der Waals surface area contributed by atoms with E-state index in [-0.39, 0.29) is 0 Å². The molecule has 1 aliphatic rings. The van der Waals surface area contributed by atoms with Gasteiger partial charge in [-0.25, -0.2) is 0 Å². The van der Waals surface area contributed by atoms with E-state index in [4.69, 9.17) is 0 Å². The molecule has 2 aromatic rings. The Morgan fingerprint density at radius 2 is 1.40 bits per heavy atom. The molecule has 96 valence electrons. The van der Waals surface area contributed by atoms with Crippen molar-refractivity contribution in [2.24, 2.45) is 0 Å². The molecule has 1 heteroatoms. The van der Waals surface area contributed by atoms with Crippen LogP contribution >= 0.6 is 0 Å². The molecule has 0 radical (unpaired) electrons. The Morgan fingerprint density at radius 3 is 2.05 bits per heavy atom. The number of allylic oxidation sites excluding steroid dienone is 5. The fraction of sp³-hybridized carbons (Fsp3) is 0. The third-order valence-corrected chi connectivity index (χ3v) is 3.33. The van der Waals surface area contributed by atoms with Gasteiger partial charge in [-0.2, -0.15) is 0 Å². The molecule has 0 heterocycles. The van der Waals surface area contributed by atoms with Crippen molar-refractivity contribution in [3.63, 3.8) is 0 Å². The minimum absolute atomic E-state index is 0.768. The fourth-order valence-corrected chi connectivity index (χ4v) is 2.31. The van der Waals surface area contributed by atoms with Gasteiger partial charge in [0.25, 0.3) is 0 Å². The number of rotatable bonds is 4. The first-order valence-electron chi connectivity index (χ1n) is 6.58. The van der Waals surface area contributed by atoms with Gasteiger partial charge in [-0.05, 0) is 28.3 Å². The van der Waals surface area contributed by atoms with Gasteiger partial charge in [-0.1, -0.05) is 72.8 Å². The number of benzene rings is 2. The summed E-state index contributed by atoms with van der Waals surface area (Å²) in [5.74, 6) is 0. The van der Waals surface area contributed by atoms with Crippen LogP contribution in [0, 0.1) is 0 Å². The standard InChI is InChI=1S/C19H14O/c20-14-18-13-17(12-11-15-7-3-1-4-8-15)19(18)16-9-5-2-6-10-16/h1-14H/b12-11+. The zero-order chi connectivity index (χ0) is 13.8. The van der Waals surface area contributed by atoms with Gasteiger partial charge in [0.1, 0.15) is 0 Å². The van der Waals surface area contributed by atoms with Crippen molar-refractivity contribution in [1.29, 1.82) is 0 Å². The molecule has 0 atom stereocenters. The van der Waals surface area contributed by atoms with Crippen LogP contribution in [0.25, 0.3) is 11.6 Å². The van der Waals surface area contributed by atoms with Gasteiger partial charge in [0.15, 0.2) is 6.29 Å². The van der Waals surface area contributed by atoms with Gasteiger partial charge in [-0.15, -0.1) is 0 Å². The second kappa shape index (κ2) is 5.54. The molecule has 0 fully saturated rings. The minimum atomic E-state index is 0.768. The molecule has 0 saturated carbocycles. The molecule has 2 aromatic carbocycles. The lowest BCUT2D eigenvalue weighted by molar-refractivity contribution is -0.104. The lowest BCUT2D eigenvalue weighted by Gasteiger charge is -2.19. The molecule has 0 aliphatic heterocycles. The van der Waals surface area contributed by atoms with E-state index in [0.717, 1.165) is 34.1 Å². The van der Waals surface area contributed by atoms with E-state index in [1.807, 2.05) is 54.6 Å². The number of carbonyl (C=O) groups excluding carboxylic acids is 1. The number of carbonyl (C=O) groups is 1. The van der Waals surface area contributed by atoms with Gasteiger partial charge in [0.05, 0.1) is 0 Å². The molecule has 1 aliphatic carbocycles. The molecule has 20 heavy (non-hydrogen) atoms. The van der Waals surface area contributed by atoms with Crippen molar-refractivity contribution in [1.82, 2.24) is 0 Å². The lowest BCUT2D eigenvalue weighted by Crippen LogP contribution is -2.03. The highest BCUT2D eigenvalue weighted by molar-refractivity contribution is 6.07. The lowest BCUT2D eigenvalue weighted by atomic mass is 9.84. The summed E-state index contributed by atoms with van der Waals surface area (Å²) >= 11 is 0. The van der Waals surface area contributed by atoms with Crippen LogP contribution in [0.3, 0.4) is 0 Å². The fourth-order valence-electron chi connectivity index (χ4n) is 2.31. The van der Waals surface area contributed by atoms with Crippen LogP contribution in [0.4, 0.5) is 0 Å². The number of hydrogen-bond donors (Lipinski definition) is 0. The minimum Gasteiger partial charge on any atom is -0.298 e. The summed E-state index contributed by atoms with van der Waals surface area (Å²) in [6.45, 7) is 0. The first-order valence-corrected chi connectivity index (χ1v) is 6.58. The van der Waals surface area contributed by atoms with Crippen molar-refractivity contribution in [2.45, 2.75) is 0 Å². The maximum atomic E-state index is 11.1. The van der Waals surface area contributed by atoms with Crippen molar-refractivity contribution < 1.29 is 4.79 Å². The average Bonchev–Trinajstić information content (AvgIpc) is 2.48. The Labute approximate surface area is 118 Å². The van der Waals surface area contributed by atoms with Gasteiger partial charge in [-0.3, -0.25) is 4.79 Å². The van der Waals surface area contributed by atoms with Gasteiger partial charge in [0.2, 0.25) is 0 Å². The Bertz CT molecular complexity index is 704. The molecule has 0 N–H and O–H groups in total. The summed E-state index contributed by atoms with van der Waals surface area (Å²) < 4.78 is 0. The first-order chi connectivity index (χ1) is 9.88. The van der Waals surface area contributed by atoms with Crippen LogP contribution < -0.4 is 0 Å². The largest absolute Gasteiger partial charge is 0.298 e. The molecular formula is C19H14O. The monoisotopic (exact) mass is 258 g/mol. The van der Waals surface area contributed by atoms with Crippen LogP contribution in [-0.4, -0.2) is 6.29 Å². The van der Waals surface area contributed by atoms with E-state index in [1.165, 1.54) is 0 Å². The molecule has 0 aromatic heterocycles. The Kier molecular flexibility index (Phi) is 3.42. The summed E-state index contributed by atoms with van der Waals surface area (Å²) in [6.07, 6.45) is 6.97. The van der Waals surface area contributed by atoms with E-state index < -0.39 is 0 Å². The summed E-state index contributed by atoms with van der Waals surface area (Å²) in [4.78, 5) is 11.1. The van der Waals surface area contributed by atoms with Crippen LogP contribution in [0.5, 0.6) is 0 Å². The number of aldehydes is 1.